The van der Waals surface area contributed by atoms with E-state index in [0.29, 0.717) is 19.0 Å². The van der Waals surface area contributed by atoms with Gasteiger partial charge in [0.25, 0.3) is 0 Å². The molecular formula is C18H22N6O2S2. The highest BCUT2D eigenvalue weighted by Gasteiger charge is 2.20. The van der Waals surface area contributed by atoms with E-state index in [9.17, 15) is 4.79 Å². The van der Waals surface area contributed by atoms with Crippen LogP contribution in [0.4, 0.5) is 11.6 Å². The minimum atomic E-state index is -0.117. The Kier molecular flexibility index (Phi) is 7.59. The summed E-state index contributed by atoms with van der Waals surface area (Å²) in [5.41, 5.74) is 0.722. The number of nitrogens with one attached hydrogen (secondary N) is 1. The molecule has 1 aromatic carbocycles. The predicted molar refractivity (Wildman–Crippen MR) is 111 cm³/mol. The second-order valence-electron chi connectivity index (χ2n) is 5.91. The molecule has 1 aliphatic rings. The van der Waals surface area contributed by atoms with Crippen molar-refractivity contribution >= 4 is 41.1 Å². The lowest BCUT2D eigenvalue weighted by Crippen LogP contribution is -2.38. The predicted octanol–water partition coefficient (Wildman–Crippen LogP) is 2.48. The van der Waals surface area contributed by atoms with E-state index in [1.54, 1.807) is 0 Å². The van der Waals surface area contributed by atoms with Gasteiger partial charge in [-0.05, 0) is 19.1 Å². The first-order valence-electron chi connectivity index (χ1n) is 9.00. The number of aromatic nitrogens is 3. The number of hydrogen-bond acceptors (Lipinski definition) is 8. The number of morpholine rings is 1. The molecule has 10 heteroatoms. The number of para-hydroxylation sites is 1. The van der Waals surface area contributed by atoms with Gasteiger partial charge in [0, 0.05) is 24.5 Å². The van der Waals surface area contributed by atoms with Crippen molar-refractivity contribution in [2.75, 3.05) is 48.0 Å². The molecule has 148 valence electrons. The molecule has 0 spiro atoms. The molecule has 1 amide bonds. The molecule has 8 nitrogen and oxygen atoms in total. The molecule has 1 N–H and O–H groups in total. The van der Waals surface area contributed by atoms with Crippen LogP contribution in [-0.4, -0.2) is 58.5 Å². The summed E-state index contributed by atoms with van der Waals surface area (Å²) in [6, 6.07) is 9.59. The maximum absolute atomic E-state index is 12.4. The summed E-state index contributed by atoms with van der Waals surface area (Å²) in [4.78, 5) is 15.5. The second kappa shape index (κ2) is 10.4. The number of nitrogens with zero attached hydrogens (tertiary/aromatic N) is 5. The van der Waals surface area contributed by atoms with E-state index in [1.807, 2.05) is 35.8 Å². The van der Waals surface area contributed by atoms with E-state index in [2.05, 4.69) is 26.5 Å². The molecule has 1 aliphatic heterocycles. The average Bonchev–Trinajstić information content (AvgIpc) is 3.15. The van der Waals surface area contributed by atoms with Gasteiger partial charge in [-0.1, -0.05) is 23.9 Å². The van der Waals surface area contributed by atoms with E-state index in [0.717, 1.165) is 41.3 Å². The van der Waals surface area contributed by atoms with E-state index in [4.69, 9.17) is 10.00 Å². The zero-order valence-corrected chi connectivity index (χ0v) is 17.3. The zero-order chi connectivity index (χ0) is 19.8. The smallest absolute Gasteiger partial charge is 0.234 e. The van der Waals surface area contributed by atoms with Crippen LogP contribution in [0.5, 0.6) is 0 Å². The summed E-state index contributed by atoms with van der Waals surface area (Å²) >= 11 is 2.77. The topological polar surface area (TPSA) is 96.1 Å². The van der Waals surface area contributed by atoms with Gasteiger partial charge >= 0.3 is 0 Å². The highest BCUT2D eigenvalue weighted by molar-refractivity contribution is 8.00. The fourth-order valence-electron chi connectivity index (χ4n) is 2.78. The first kappa shape index (κ1) is 20.5. The molecular weight excluding hydrogens is 396 g/mol. The number of carbonyl (C=O) groups is 1. The maximum Gasteiger partial charge on any atom is 0.234 e. The standard InChI is InChI=1S/C18H22N6O2S2/c1-2-24-17(23-8-10-26-11-9-23)21-22-18(24)28-13-16(25)20-14-5-3-4-6-15(14)27-12-7-19/h3-6H,2,8-13H2,1H3,(H,20,25). The summed E-state index contributed by atoms with van der Waals surface area (Å²) in [6.45, 7) is 5.73. The number of carbonyl (C=O) groups excluding carboxylic acids is 1. The van der Waals surface area contributed by atoms with E-state index in [-0.39, 0.29) is 11.7 Å². The van der Waals surface area contributed by atoms with Gasteiger partial charge in [0.05, 0.1) is 36.5 Å². The number of amides is 1. The van der Waals surface area contributed by atoms with Gasteiger partial charge in [-0.15, -0.1) is 22.0 Å². The second-order valence-corrected chi connectivity index (χ2v) is 7.87. The number of nitriles is 1. The molecule has 1 aromatic heterocycles. The van der Waals surface area contributed by atoms with E-state index >= 15 is 0 Å². The Morgan fingerprint density at radius 3 is 2.82 bits per heavy atom. The van der Waals surface area contributed by atoms with Gasteiger partial charge in [0.1, 0.15) is 0 Å². The minimum Gasteiger partial charge on any atom is -0.378 e. The van der Waals surface area contributed by atoms with Crippen molar-refractivity contribution in [3.63, 3.8) is 0 Å². The van der Waals surface area contributed by atoms with Crippen molar-refractivity contribution in [1.82, 2.24) is 14.8 Å². The number of benzene rings is 1. The molecule has 1 saturated heterocycles. The number of thioether (sulfide) groups is 2. The molecule has 2 heterocycles. The highest BCUT2D eigenvalue weighted by atomic mass is 32.2. The fraction of sp³-hybridized carbons (Fsp3) is 0.444. The minimum absolute atomic E-state index is 0.117. The van der Waals surface area contributed by atoms with Crippen LogP contribution >= 0.6 is 23.5 Å². The van der Waals surface area contributed by atoms with E-state index < -0.39 is 0 Å². The quantitative estimate of drug-likeness (QED) is 0.653. The zero-order valence-electron chi connectivity index (χ0n) is 15.6. The molecule has 28 heavy (non-hydrogen) atoms. The van der Waals surface area contributed by atoms with Crippen LogP contribution in [0.25, 0.3) is 0 Å². The Balaban J connectivity index is 1.61. The third-order valence-corrected chi connectivity index (χ3v) is 6.00. The van der Waals surface area contributed by atoms with Crippen LogP contribution in [0, 0.1) is 11.3 Å². The van der Waals surface area contributed by atoms with Crippen molar-refractivity contribution in [1.29, 1.82) is 5.26 Å². The summed E-state index contributed by atoms with van der Waals surface area (Å²) in [5, 5.41) is 21.0. The Labute approximate surface area is 172 Å². The van der Waals surface area contributed by atoms with Gasteiger partial charge in [0.2, 0.25) is 11.9 Å². The molecule has 3 rings (SSSR count). The highest BCUT2D eigenvalue weighted by Crippen LogP contribution is 2.27. The largest absolute Gasteiger partial charge is 0.378 e. The first-order chi connectivity index (χ1) is 13.7. The summed E-state index contributed by atoms with van der Waals surface area (Å²) < 4.78 is 7.42. The number of anilines is 2. The van der Waals surface area contributed by atoms with Crippen LogP contribution in [0.3, 0.4) is 0 Å². The van der Waals surface area contributed by atoms with Gasteiger partial charge in [-0.25, -0.2) is 0 Å². The summed E-state index contributed by atoms with van der Waals surface area (Å²) in [7, 11) is 0. The van der Waals surface area contributed by atoms with Crippen molar-refractivity contribution < 1.29 is 9.53 Å². The molecule has 0 aliphatic carbocycles. The number of rotatable bonds is 8. The molecule has 0 atom stereocenters. The number of ether oxygens (including phenoxy) is 1. The van der Waals surface area contributed by atoms with Gasteiger partial charge in [-0.2, -0.15) is 5.26 Å². The molecule has 1 fully saturated rings. The normalized spacial score (nSPS) is 13.9. The SMILES string of the molecule is CCn1c(SCC(=O)Nc2ccccc2SCC#N)nnc1N1CCOCC1. The van der Waals surface area contributed by atoms with Crippen LogP contribution in [0.15, 0.2) is 34.3 Å². The Hall–Kier alpha value is -2.22. The molecule has 0 radical (unpaired) electrons. The molecule has 0 saturated carbocycles. The molecule has 0 bridgehead atoms. The van der Waals surface area contributed by atoms with E-state index in [1.165, 1.54) is 23.5 Å². The van der Waals surface area contributed by atoms with Gasteiger partial charge in [0.15, 0.2) is 5.16 Å². The lowest BCUT2D eigenvalue weighted by Gasteiger charge is -2.27. The number of hydrogen-bond donors (Lipinski definition) is 1. The third kappa shape index (κ3) is 5.19. The Morgan fingerprint density at radius 1 is 1.29 bits per heavy atom. The maximum atomic E-state index is 12.4. The van der Waals surface area contributed by atoms with Crippen molar-refractivity contribution in [3.05, 3.63) is 24.3 Å². The Bertz CT molecular complexity index is 845. The molecule has 2 aromatic rings. The summed E-state index contributed by atoms with van der Waals surface area (Å²) in [6.07, 6.45) is 0. The monoisotopic (exact) mass is 418 g/mol. The summed E-state index contributed by atoms with van der Waals surface area (Å²) in [5.74, 6) is 1.28. The third-order valence-electron chi connectivity index (χ3n) is 4.09. The van der Waals surface area contributed by atoms with Crippen molar-refractivity contribution in [2.24, 2.45) is 0 Å². The van der Waals surface area contributed by atoms with Crippen molar-refractivity contribution in [3.8, 4) is 6.07 Å². The first-order valence-corrected chi connectivity index (χ1v) is 11.0. The fourth-order valence-corrected chi connectivity index (χ4v) is 4.25. The van der Waals surface area contributed by atoms with Gasteiger partial charge in [-0.3, -0.25) is 9.36 Å². The molecule has 0 unspecified atom stereocenters. The van der Waals surface area contributed by atoms with Crippen LogP contribution < -0.4 is 10.2 Å². The van der Waals surface area contributed by atoms with Crippen LogP contribution in [-0.2, 0) is 16.1 Å². The van der Waals surface area contributed by atoms with Gasteiger partial charge < -0.3 is 15.0 Å². The lowest BCUT2D eigenvalue weighted by atomic mass is 10.3. The van der Waals surface area contributed by atoms with Crippen LogP contribution in [0.2, 0.25) is 0 Å². The van der Waals surface area contributed by atoms with Crippen molar-refractivity contribution in [2.45, 2.75) is 23.5 Å². The van der Waals surface area contributed by atoms with Crippen LogP contribution in [0.1, 0.15) is 6.92 Å². The lowest BCUT2D eigenvalue weighted by molar-refractivity contribution is -0.113. The average molecular weight is 419 g/mol. The Morgan fingerprint density at radius 2 is 2.07 bits per heavy atom.